The normalized spacial score (nSPS) is 27.5. The Hall–Kier alpha value is -1.88. The first-order valence-electron chi connectivity index (χ1n) is 7.37. The number of hydrogen-bond acceptors (Lipinski definition) is 3. The number of rotatable bonds is 3. The Kier molecular flexibility index (Phi) is 3.92. The van der Waals surface area contributed by atoms with Crippen molar-refractivity contribution in [3.05, 3.63) is 35.9 Å². The molecule has 0 unspecified atom stereocenters. The molecule has 0 aliphatic carbocycles. The van der Waals surface area contributed by atoms with E-state index in [0.29, 0.717) is 19.6 Å². The molecule has 0 radical (unpaired) electrons. The van der Waals surface area contributed by atoms with Gasteiger partial charge in [-0.15, -0.1) is 0 Å². The van der Waals surface area contributed by atoms with Crippen molar-refractivity contribution < 1.29 is 14.3 Å². The average molecular weight is 288 g/mol. The molecular formula is C16H20N2O3. The lowest BCUT2D eigenvalue weighted by Crippen LogP contribution is -2.38. The van der Waals surface area contributed by atoms with Crippen LogP contribution in [-0.2, 0) is 20.7 Å². The lowest BCUT2D eigenvalue weighted by molar-refractivity contribution is -0.131. The summed E-state index contributed by atoms with van der Waals surface area (Å²) >= 11 is 0. The van der Waals surface area contributed by atoms with Crippen molar-refractivity contribution in [2.24, 2.45) is 5.92 Å². The summed E-state index contributed by atoms with van der Waals surface area (Å²) in [7, 11) is 1.63. The molecular weight excluding hydrogens is 268 g/mol. The Labute approximate surface area is 124 Å². The minimum absolute atomic E-state index is 0.0399. The first-order valence-corrected chi connectivity index (χ1v) is 7.37. The number of hydrogen-bond donors (Lipinski definition) is 1. The van der Waals surface area contributed by atoms with Crippen LogP contribution in [0.5, 0.6) is 0 Å². The molecule has 0 bridgehead atoms. The molecule has 2 fully saturated rings. The smallest absolute Gasteiger partial charge is 0.227 e. The van der Waals surface area contributed by atoms with E-state index in [1.54, 1.807) is 7.05 Å². The number of likely N-dealkylation sites (tertiary alicyclic amines) is 1. The third-order valence-electron chi connectivity index (χ3n) is 4.40. The highest BCUT2D eigenvalue weighted by Crippen LogP contribution is 2.33. The summed E-state index contributed by atoms with van der Waals surface area (Å²) in [4.78, 5) is 26.3. The van der Waals surface area contributed by atoms with E-state index < -0.39 is 0 Å². The van der Waals surface area contributed by atoms with Gasteiger partial charge in [-0.3, -0.25) is 9.59 Å². The molecule has 1 aromatic carbocycles. The van der Waals surface area contributed by atoms with Gasteiger partial charge in [-0.05, 0) is 12.0 Å². The van der Waals surface area contributed by atoms with Gasteiger partial charge in [-0.2, -0.15) is 0 Å². The van der Waals surface area contributed by atoms with E-state index in [0.717, 1.165) is 12.0 Å². The van der Waals surface area contributed by atoms with E-state index in [4.69, 9.17) is 4.74 Å². The number of nitrogens with zero attached hydrogens (tertiary/aromatic N) is 1. The highest BCUT2D eigenvalue weighted by molar-refractivity contribution is 5.84. The molecule has 0 aromatic heterocycles. The first-order chi connectivity index (χ1) is 10.2. The van der Waals surface area contributed by atoms with Gasteiger partial charge in [-0.25, -0.2) is 0 Å². The molecule has 1 aromatic rings. The third-order valence-corrected chi connectivity index (χ3v) is 4.40. The highest BCUT2D eigenvalue weighted by atomic mass is 16.5. The molecule has 2 saturated heterocycles. The van der Waals surface area contributed by atoms with Crippen LogP contribution < -0.4 is 5.32 Å². The Morgan fingerprint density at radius 3 is 2.81 bits per heavy atom. The number of fused-ring (bicyclic) bond motifs is 1. The Morgan fingerprint density at radius 1 is 1.33 bits per heavy atom. The van der Waals surface area contributed by atoms with Gasteiger partial charge in [0.2, 0.25) is 11.8 Å². The van der Waals surface area contributed by atoms with Gasteiger partial charge in [0.15, 0.2) is 0 Å². The number of benzene rings is 1. The molecule has 3 rings (SSSR count). The van der Waals surface area contributed by atoms with Gasteiger partial charge in [-0.1, -0.05) is 30.3 Å². The zero-order valence-electron chi connectivity index (χ0n) is 12.1. The summed E-state index contributed by atoms with van der Waals surface area (Å²) in [5.74, 6) is -0.211. The molecule has 21 heavy (non-hydrogen) atoms. The number of carbonyl (C=O) groups is 2. The second-order valence-electron chi connectivity index (χ2n) is 5.62. The van der Waals surface area contributed by atoms with Crippen LogP contribution in [0.2, 0.25) is 0 Å². The van der Waals surface area contributed by atoms with Crippen LogP contribution in [0.1, 0.15) is 12.0 Å². The van der Waals surface area contributed by atoms with Gasteiger partial charge < -0.3 is 15.0 Å². The molecule has 1 N–H and O–H groups in total. The van der Waals surface area contributed by atoms with Crippen LogP contribution >= 0.6 is 0 Å². The minimum atomic E-state index is -0.248. The summed E-state index contributed by atoms with van der Waals surface area (Å²) in [6.45, 7) is 1.08. The number of amides is 2. The van der Waals surface area contributed by atoms with E-state index in [1.165, 1.54) is 0 Å². The predicted octanol–water partition coefficient (Wildman–Crippen LogP) is 0.591. The fourth-order valence-electron chi connectivity index (χ4n) is 3.35. The van der Waals surface area contributed by atoms with Crippen molar-refractivity contribution in [2.45, 2.75) is 25.0 Å². The molecule has 3 atom stereocenters. The third kappa shape index (κ3) is 2.65. The van der Waals surface area contributed by atoms with Crippen molar-refractivity contribution >= 4 is 11.8 Å². The second-order valence-corrected chi connectivity index (χ2v) is 5.62. The molecule has 5 nitrogen and oxygen atoms in total. The lowest BCUT2D eigenvalue weighted by Gasteiger charge is -2.22. The molecule has 5 heteroatoms. The van der Waals surface area contributed by atoms with Crippen LogP contribution in [0.3, 0.4) is 0 Å². The molecule has 2 aliphatic rings. The summed E-state index contributed by atoms with van der Waals surface area (Å²) in [6, 6.07) is 9.75. The largest absolute Gasteiger partial charge is 0.375 e. The van der Waals surface area contributed by atoms with Crippen LogP contribution in [0, 0.1) is 5.92 Å². The van der Waals surface area contributed by atoms with Crippen molar-refractivity contribution in [1.82, 2.24) is 10.2 Å². The van der Waals surface area contributed by atoms with Crippen LogP contribution in [0.25, 0.3) is 0 Å². The maximum Gasteiger partial charge on any atom is 0.227 e. The molecule has 0 spiro atoms. The van der Waals surface area contributed by atoms with Crippen molar-refractivity contribution in [1.29, 1.82) is 0 Å². The van der Waals surface area contributed by atoms with Crippen LogP contribution in [0.4, 0.5) is 0 Å². The summed E-state index contributed by atoms with van der Waals surface area (Å²) < 4.78 is 5.69. The molecule has 2 heterocycles. The SMILES string of the molecule is CNC(=O)[C@H]1CN(C(=O)Cc2ccccc2)[C@@H]2CCO[C@H]12. The average Bonchev–Trinajstić information content (AvgIpc) is 3.09. The van der Waals surface area contributed by atoms with Crippen LogP contribution in [0.15, 0.2) is 30.3 Å². The molecule has 112 valence electrons. The van der Waals surface area contributed by atoms with Gasteiger partial charge in [0.25, 0.3) is 0 Å². The number of carbonyl (C=O) groups excluding carboxylic acids is 2. The summed E-state index contributed by atoms with van der Waals surface area (Å²) in [6.07, 6.45) is 1.05. The van der Waals surface area contributed by atoms with Crippen molar-refractivity contribution in [2.75, 3.05) is 20.2 Å². The fourth-order valence-corrected chi connectivity index (χ4v) is 3.35. The lowest BCUT2D eigenvalue weighted by atomic mass is 10.0. The standard InChI is InChI=1S/C16H20N2O3/c1-17-16(20)12-10-18(13-7-8-21-15(12)13)14(19)9-11-5-3-2-4-6-11/h2-6,12-13,15H,7-10H2,1H3,(H,17,20)/t12-,13+,15+/m0/s1. The predicted molar refractivity (Wildman–Crippen MR) is 77.6 cm³/mol. The summed E-state index contributed by atoms with van der Waals surface area (Å²) in [5.41, 5.74) is 1.00. The van der Waals surface area contributed by atoms with E-state index in [-0.39, 0.29) is 29.9 Å². The van der Waals surface area contributed by atoms with Crippen molar-refractivity contribution in [3.8, 4) is 0 Å². The monoisotopic (exact) mass is 288 g/mol. The Morgan fingerprint density at radius 2 is 2.10 bits per heavy atom. The van der Waals surface area contributed by atoms with Gasteiger partial charge in [0, 0.05) is 20.2 Å². The van der Waals surface area contributed by atoms with E-state index in [9.17, 15) is 9.59 Å². The Bertz CT molecular complexity index is 532. The van der Waals surface area contributed by atoms with Gasteiger partial charge >= 0.3 is 0 Å². The quantitative estimate of drug-likeness (QED) is 0.885. The first kappa shape index (κ1) is 14.1. The topological polar surface area (TPSA) is 58.6 Å². The minimum Gasteiger partial charge on any atom is -0.375 e. The van der Waals surface area contributed by atoms with E-state index in [2.05, 4.69) is 5.32 Å². The van der Waals surface area contributed by atoms with E-state index >= 15 is 0 Å². The summed E-state index contributed by atoms with van der Waals surface area (Å²) in [5, 5.41) is 2.67. The maximum absolute atomic E-state index is 12.6. The van der Waals surface area contributed by atoms with Crippen molar-refractivity contribution in [3.63, 3.8) is 0 Å². The molecule has 2 aliphatic heterocycles. The zero-order chi connectivity index (χ0) is 14.8. The fraction of sp³-hybridized carbons (Fsp3) is 0.500. The molecule has 0 saturated carbocycles. The van der Waals surface area contributed by atoms with E-state index in [1.807, 2.05) is 35.2 Å². The van der Waals surface area contributed by atoms with Crippen LogP contribution in [-0.4, -0.2) is 49.1 Å². The highest BCUT2D eigenvalue weighted by Gasteiger charge is 2.49. The maximum atomic E-state index is 12.6. The second kappa shape index (κ2) is 5.85. The van der Waals surface area contributed by atoms with Gasteiger partial charge in [0.1, 0.15) is 0 Å². The number of nitrogens with one attached hydrogen (secondary N) is 1. The Balaban J connectivity index is 1.73. The molecule has 2 amide bonds. The zero-order valence-corrected chi connectivity index (χ0v) is 12.1. The van der Waals surface area contributed by atoms with Gasteiger partial charge in [0.05, 0.1) is 24.5 Å². The number of ether oxygens (including phenoxy) is 1.